The molecule has 3 N–H and O–H groups in total. The van der Waals surface area contributed by atoms with Crippen molar-refractivity contribution in [3.05, 3.63) is 11.8 Å². The molecule has 2 aromatic heterocycles. The molecule has 0 radical (unpaired) electrons. The van der Waals surface area contributed by atoms with Crippen LogP contribution in [-0.2, 0) is 0 Å². The summed E-state index contributed by atoms with van der Waals surface area (Å²) in [6.45, 7) is 0. The van der Waals surface area contributed by atoms with Crippen LogP contribution in [0.4, 0.5) is 5.82 Å². The number of aromatic nitrogens is 4. The Labute approximate surface area is 67.0 Å². The maximum atomic E-state index is 8.63. The Hall–Kier alpha value is -2.16. The molecule has 0 bridgehead atoms. The third kappa shape index (κ3) is 0.703. The summed E-state index contributed by atoms with van der Waals surface area (Å²) in [7, 11) is 0. The van der Waals surface area contributed by atoms with Crippen LogP contribution in [0.5, 0.6) is 0 Å². The fraction of sp³-hybridized carbons (Fsp3) is 0. The Morgan fingerprint density at radius 1 is 1.42 bits per heavy atom. The first kappa shape index (κ1) is 6.54. The van der Waals surface area contributed by atoms with Gasteiger partial charge in [-0.2, -0.15) is 20.7 Å². The summed E-state index contributed by atoms with van der Waals surface area (Å²) >= 11 is 0. The number of fused-ring (bicyclic) bond motifs is 1. The highest BCUT2D eigenvalue weighted by molar-refractivity contribution is 5.87. The lowest BCUT2D eigenvalue weighted by atomic mass is 10.2. The molecule has 2 heterocycles. The van der Waals surface area contributed by atoms with Gasteiger partial charge in [-0.1, -0.05) is 0 Å². The van der Waals surface area contributed by atoms with Gasteiger partial charge in [-0.15, -0.1) is 0 Å². The number of pyridine rings is 1. The van der Waals surface area contributed by atoms with E-state index in [2.05, 4.69) is 20.4 Å². The molecular formula is C6H4N6. The second-order valence-electron chi connectivity index (χ2n) is 2.19. The van der Waals surface area contributed by atoms with Gasteiger partial charge in [0.1, 0.15) is 17.1 Å². The van der Waals surface area contributed by atoms with Gasteiger partial charge >= 0.3 is 0 Å². The average Bonchev–Trinajstić information content (AvgIpc) is 2.54. The zero-order chi connectivity index (χ0) is 8.55. The number of hydrogen-bond donors (Lipinski definition) is 2. The average molecular weight is 160 g/mol. The van der Waals surface area contributed by atoms with Crippen LogP contribution in [0.3, 0.4) is 0 Å². The number of H-pyrrole nitrogens is 1. The highest BCUT2D eigenvalue weighted by atomic mass is 15.3. The number of hydrogen-bond acceptors (Lipinski definition) is 5. The fourth-order valence-electron chi connectivity index (χ4n) is 0.935. The van der Waals surface area contributed by atoms with E-state index >= 15 is 0 Å². The van der Waals surface area contributed by atoms with Crippen molar-refractivity contribution < 1.29 is 0 Å². The Kier molecular flexibility index (Phi) is 1.18. The minimum atomic E-state index is 0.276. The lowest BCUT2D eigenvalue weighted by molar-refractivity contribution is 0.959. The molecule has 0 amide bonds. The van der Waals surface area contributed by atoms with Gasteiger partial charge in [-0.25, -0.2) is 4.98 Å². The van der Waals surface area contributed by atoms with Gasteiger partial charge in [0.15, 0.2) is 11.3 Å². The van der Waals surface area contributed by atoms with Crippen LogP contribution in [0.15, 0.2) is 6.20 Å². The summed E-state index contributed by atoms with van der Waals surface area (Å²) in [5.74, 6) is 0.276. The molecular weight excluding hydrogens is 156 g/mol. The van der Waals surface area contributed by atoms with Gasteiger partial charge in [0.05, 0.1) is 0 Å². The number of nitrogens with two attached hydrogens (primary N) is 1. The molecule has 0 unspecified atom stereocenters. The lowest BCUT2D eigenvalue weighted by Gasteiger charge is -1.91. The lowest BCUT2D eigenvalue weighted by Crippen LogP contribution is -1.92. The van der Waals surface area contributed by atoms with E-state index < -0.39 is 0 Å². The number of nitriles is 1. The van der Waals surface area contributed by atoms with Crippen molar-refractivity contribution in [3.8, 4) is 6.07 Å². The zero-order valence-corrected chi connectivity index (χ0v) is 5.94. The molecule has 0 aliphatic rings. The largest absolute Gasteiger partial charge is 0.382 e. The van der Waals surface area contributed by atoms with Crippen molar-refractivity contribution in [2.45, 2.75) is 0 Å². The van der Waals surface area contributed by atoms with Gasteiger partial charge in [-0.05, 0) is 0 Å². The minimum absolute atomic E-state index is 0.276. The molecule has 12 heavy (non-hydrogen) atoms. The number of nitrogens with zero attached hydrogens (tertiary/aromatic N) is 4. The molecule has 0 saturated heterocycles. The molecule has 6 heteroatoms. The second kappa shape index (κ2) is 2.17. The van der Waals surface area contributed by atoms with Crippen LogP contribution in [0.1, 0.15) is 5.56 Å². The van der Waals surface area contributed by atoms with Crippen molar-refractivity contribution in [2.75, 3.05) is 5.73 Å². The molecule has 0 aromatic carbocycles. The molecule has 0 spiro atoms. The van der Waals surface area contributed by atoms with E-state index in [-0.39, 0.29) is 5.82 Å². The summed E-state index contributed by atoms with van der Waals surface area (Å²) in [5.41, 5.74) is 6.75. The van der Waals surface area contributed by atoms with Gasteiger partial charge < -0.3 is 5.73 Å². The van der Waals surface area contributed by atoms with Crippen LogP contribution in [0.2, 0.25) is 0 Å². The quantitative estimate of drug-likeness (QED) is 0.555. The van der Waals surface area contributed by atoms with E-state index in [4.69, 9.17) is 11.0 Å². The Morgan fingerprint density at radius 3 is 2.92 bits per heavy atom. The van der Waals surface area contributed by atoms with E-state index in [1.807, 2.05) is 6.07 Å². The first-order chi connectivity index (χ1) is 5.83. The Bertz CT molecular complexity index is 464. The van der Waals surface area contributed by atoms with E-state index in [1.165, 1.54) is 6.20 Å². The molecule has 2 aromatic rings. The predicted molar refractivity (Wildman–Crippen MR) is 40.8 cm³/mol. The highest BCUT2D eigenvalue weighted by Crippen LogP contribution is 2.16. The van der Waals surface area contributed by atoms with Crippen molar-refractivity contribution in [1.82, 2.24) is 20.4 Å². The van der Waals surface area contributed by atoms with Crippen LogP contribution < -0.4 is 5.73 Å². The van der Waals surface area contributed by atoms with Gasteiger partial charge in [0.2, 0.25) is 0 Å². The third-order valence-corrected chi connectivity index (χ3v) is 1.50. The molecule has 0 aliphatic carbocycles. The first-order valence-corrected chi connectivity index (χ1v) is 3.18. The Morgan fingerprint density at radius 2 is 2.17 bits per heavy atom. The van der Waals surface area contributed by atoms with E-state index in [0.717, 1.165) is 0 Å². The standard InChI is InChI=1S/C6H4N6/c7-1-3-2-9-6(8)5-4(3)10-12-11-5/h2H,(H2,8,9)(H,10,11,12). The summed E-state index contributed by atoms with van der Waals surface area (Å²) in [6.07, 6.45) is 1.38. The molecule has 0 fully saturated rings. The van der Waals surface area contributed by atoms with Crippen molar-refractivity contribution in [2.24, 2.45) is 0 Å². The van der Waals surface area contributed by atoms with Crippen molar-refractivity contribution in [1.29, 1.82) is 5.26 Å². The summed E-state index contributed by atoms with van der Waals surface area (Å²) in [6, 6.07) is 1.94. The molecule has 6 nitrogen and oxygen atoms in total. The topological polar surface area (TPSA) is 104 Å². The van der Waals surface area contributed by atoms with Crippen LogP contribution >= 0.6 is 0 Å². The summed E-state index contributed by atoms with van der Waals surface area (Å²) in [4.78, 5) is 3.78. The molecule has 58 valence electrons. The zero-order valence-electron chi connectivity index (χ0n) is 5.94. The van der Waals surface area contributed by atoms with E-state index in [0.29, 0.717) is 16.6 Å². The highest BCUT2D eigenvalue weighted by Gasteiger charge is 2.07. The minimum Gasteiger partial charge on any atom is -0.382 e. The second-order valence-corrected chi connectivity index (χ2v) is 2.19. The SMILES string of the molecule is N#Cc1cnc(N)c2n[nH]nc12. The smallest absolute Gasteiger partial charge is 0.156 e. The molecule has 0 aliphatic heterocycles. The first-order valence-electron chi connectivity index (χ1n) is 3.18. The predicted octanol–water partition coefficient (Wildman–Crippen LogP) is -0.193. The maximum absolute atomic E-state index is 8.63. The van der Waals surface area contributed by atoms with Gasteiger partial charge in [-0.3, -0.25) is 0 Å². The van der Waals surface area contributed by atoms with Crippen LogP contribution in [-0.4, -0.2) is 20.4 Å². The van der Waals surface area contributed by atoms with E-state index in [9.17, 15) is 0 Å². The van der Waals surface area contributed by atoms with Crippen LogP contribution in [0.25, 0.3) is 11.0 Å². The van der Waals surface area contributed by atoms with Gasteiger partial charge in [0.25, 0.3) is 0 Å². The summed E-state index contributed by atoms with van der Waals surface area (Å²) < 4.78 is 0. The number of nitrogen functional groups attached to an aromatic ring is 1. The third-order valence-electron chi connectivity index (χ3n) is 1.50. The Balaban J connectivity index is 2.94. The normalized spacial score (nSPS) is 9.92. The molecule has 0 saturated carbocycles. The number of anilines is 1. The molecule has 0 atom stereocenters. The number of aromatic amines is 1. The maximum Gasteiger partial charge on any atom is 0.156 e. The number of rotatable bonds is 0. The monoisotopic (exact) mass is 160 g/mol. The van der Waals surface area contributed by atoms with Gasteiger partial charge in [0, 0.05) is 6.20 Å². The van der Waals surface area contributed by atoms with E-state index in [1.54, 1.807) is 0 Å². The fourth-order valence-corrected chi connectivity index (χ4v) is 0.935. The van der Waals surface area contributed by atoms with Crippen molar-refractivity contribution in [3.63, 3.8) is 0 Å². The van der Waals surface area contributed by atoms with Crippen molar-refractivity contribution >= 4 is 16.9 Å². The summed E-state index contributed by atoms with van der Waals surface area (Å²) in [5, 5.41) is 18.5. The van der Waals surface area contributed by atoms with Crippen LogP contribution in [0, 0.1) is 11.3 Å². The molecule has 2 rings (SSSR count). The number of nitrogens with one attached hydrogen (secondary N) is 1.